The number of nitrogens with zero attached hydrogens (tertiary/aromatic N) is 2. The van der Waals surface area contributed by atoms with Crippen LogP contribution in [0.3, 0.4) is 0 Å². The molecule has 1 aliphatic heterocycles. The lowest BCUT2D eigenvalue weighted by Gasteiger charge is -2.25. The molecule has 0 fully saturated rings. The van der Waals surface area contributed by atoms with Gasteiger partial charge < -0.3 is 10.5 Å². The number of hydrogen-bond donors (Lipinski definition) is 1. The SMILES string of the molecule is COC(=O)C1=C(N)n2c(s/c(=C/c3ccccc3Cl)c2=O)=C(C#N)C1c1ccccc1Cl. The molecule has 4 rings (SSSR count). The molecule has 2 N–H and O–H groups in total. The second-order valence-electron chi connectivity index (χ2n) is 6.85. The highest BCUT2D eigenvalue weighted by molar-refractivity contribution is 7.07. The van der Waals surface area contributed by atoms with Gasteiger partial charge in [-0.05, 0) is 29.3 Å². The number of fused-ring (bicyclic) bond motifs is 1. The van der Waals surface area contributed by atoms with Crippen molar-refractivity contribution in [2.24, 2.45) is 5.73 Å². The van der Waals surface area contributed by atoms with E-state index in [9.17, 15) is 14.9 Å². The van der Waals surface area contributed by atoms with E-state index in [1.54, 1.807) is 54.6 Å². The molecule has 1 unspecified atom stereocenters. The molecule has 2 heterocycles. The lowest BCUT2D eigenvalue weighted by Crippen LogP contribution is -2.40. The highest BCUT2D eigenvalue weighted by Crippen LogP contribution is 2.39. The minimum Gasteiger partial charge on any atom is -0.466 e. The fourth-order valence-electron chi connectivity index (χ4n) is 3.62. The maximum absolute atomic E-state index is 13.3. The number of hydrogen-bond acceptors (Lipinski definition) is 6. The highest BCUT2D eigenvalue weighted by Gasteiger charge is 2.37. The molecule has 160 valence electrons. The number of ether oxygens (including phenoxy) is 1. The molecule has 0 amide bonds. The van der Waals surface area contributed by atoms with E-state index in [0.717, 1.165) is 11.3 Å². The zero-order valence-electron chi connectivity index (χ0n) is 16.6. The summed E-state index contributed by atoms with van der Waals surface area (Å²) in [6, 6.07) is 16.1. The average Bonchev–Trinajstić information content (AvgIpc) is 3.11. The van der Waals surface area contributed by atoms with Gasteiger partial charge in [0.2, 0.25) is 0 Å². The Hall–Kier alpha value is -3.31. The van der Waals surface area contributed by atoms with Crippen molar-refractivity contribution in [2.45, 2.75) is 5.92 Å². The van der Waals surface area contributed by atoms with E-state index in [1.165, 1.54) is 11.7 Å². The Morgan fingerprint density at radius 1 is 1.19 bits per heavy atom. The van der Waals surface area contributed by atoms with Crippen molar-refractivity contribution in [3.05, 3.63) is 94.8 Å². The molecule has 0 radical (unpaired) electrons. The second-order valence-corrected chi connectivity index (χ2v) is 8.69. The molecule has 0 bridgehead atoms. The predicted molar refractivity (Wildman–Crippen MR) is 125 cm³/mol. The summed E-state index contributed by atoms with van der Waals surface area (Å²) in [4.78, 5) is 26.0. The van der Waals surface area contributed by atoms with Gasteiger partial charge in [-0.1, -0.05) is 59.6 Å². The van der Waals surface area contributed by atoms with Crippen molar-refractivity contribution >= 4 is 58.0 Å². The zero-order valence-corrected chi connectivity index (χ0v) is 19.0. The van der Waals surface area contributed by atoms with E-state index in [1.807, 2.05) is 0 Å². The van der Waals surface area contributed by atoms with E-state index in [2.05, 4.69) is 6.07 Å². The maximum atomic E-state index is 13.3. The van der Waals surface area contributed by atoms with Crippen molar-refractivity contribution in [2.75, 3.05) is 7.11 Å². The van der Waals surface area contributed by atoms with Crippen molar-refractivity contribution in [3.8, 4) is 6.07 Å². The van der Waals surface area contributed by atoms with Gasteiger partial charge in [-0.25, -0.2) is 4.79 Å². The fraction of sp³-hybridized carbons (Fsp3) is 0.0870. The standard InChI is InChI=1S/C23H15Cl2N3O3S/c1-31-23(30)19-18(13-7-3-5-9-16(13)25)14(11-26)22-28(20(19)27)21(29)17(32-22)10-12-6-2-4-8-15(12)24/h2-10,18H,27H2,1H3/b17-10+. The van der Waals surface area contributed by atoms with Gasteiger partial charge in [0.15, 0.2) is 0 Å². The summed E-state index contributed by atoms with van der Waals surface area (Å²) >= 11 is 13.7. The van der Waals surface area contributed by atoms with E-state index in [4.69, 9.17) is 33.7 Å². The van der Waals surface area contributed by atoms with Crippen LogP contribution in [-0.4, -0.2) is 17.6 Å². The summed E-state index contributed by atoms with van der Waals surface area (Å²) in [5, 5.41) is 10.9. The zero-order chi connectivity index (χ0) is 23.0. The van der Waals surface area contributed by atoms with Gasteiger partial charge in [0.25, 0.3) is 5.56 Å². The topological polar surface area (TPSA) is 98.1 Å². The molecule has 6 nitrogen and oxygen atoms in total. The Balaban J connectivity index is 2.12. The number of nitriles is 1. The van der Waals surface area contributed by atoms with Crippen molar-refractivity contribution in [1.29, 1.82) is 5.26 Å². The molecule has 1 atom stereocenters. The molecule has 0 spiro atoms. The first-order chi connectivity index (χ1) is 15.4. The molecule has 32 heavy (non-hydrogen) atoms. The molecular weight excluding hydrogens is 469 g/mol. The van der Waals surface area contributed by atoms with Crippen LogP contribution in [0.5, 0.6) is 0 Å². The van der Waals surface area contributed by atoms with E-state index in [-0.39, 0.29) is 17.0 Å². The summed E-state index contributed by atoms with van der Waals surface area (Å²) in [6.07, 6.45) is 1.63. The Morgan fingerprint density at radius 2 is 1.84 bits per heavy atom. The number of carbonyl (C=O) groups excluding carboxylic acids is 1. The van der Waals surface area contributed by atoms with Crippen LogP contribution in [0.4, 0.5) is 0 Å². The first-order valence-electron chi connectivity index (χ1n) is 9.34. The van der Waals surface area contributed by atoms with Gasteiger partial charge in [-0.15, -0.1) is 11.3 Å². The molecule has 9 heteroatoms. The number of benzene rings is 2. The van der Waals surface area contributed by atoms with E-state index in [0.29, 0.717) is 30.4 Å². The Morgan fingerprint density at radius 3 is 2.47 bits per heavy atom. The number of nitrogens with two attached hydrogens (primary N) is 1. The second kappa shape index (κ2) is 8.67. The van der Waals surface area contributed by atoms with Crippen molar-refractivity contribution in [3.63, 3.8) is 0 Å². The number of esters is 1. The quantitative estimate of drug-likeness (QED) is 0.577. The summed E-state index contributed by atoms with van der Waals surface area (Å²) in [5.74, 6) is -1.73. The number of halogens is 2. The number of aromatic nitrogens is 1. The molecular formula is C23H15Cl2N3O3S. The molecule has 3 aromatic rings. The molecule has 0 saturated heterocycles. The lowest BCUT2D eigenvalue weighted by atomic mass is 9.84. The minimum atomic E-state index is -0.882. The smallest absolute Gasteiger partial charge is 0.338 e. The normalized spacial score (nSPS) is 16.0. The van der Waals surface area contributed by atoms with Crippen LogP contribution < -0.4 is 20.5 Å². The predicted octanol–water partition coefficient (Wildman–Crippen LogP) is 2.82. The highest BCUT2D eigenvalue weighted by atomic mass is 35.5. The van der Waals surface area contributed by atoms with Gasteiger partial charge in [0, 0.05) is 10.0 Å². The first-order valence-corrected chi connectivity index (χ1v) is 10.9. The van der Waals surface area contributed by atoms with Crippen LogP contribution in [-0.2, 0) is 9.53 Å². The number of rotatable bonds is 3. The van der Waals surface area contributed by atoms with Crippen LogP contribution in [0, 0.1) is 11.3 Å². The number of carbonyl (C=O) groups is 1. The molecule has 0 aliphatic carbocycles. The van der Waals surface area contributed by atoms with Gasteiger partial charge in [0.05, 0.1) is 34.8 Å². The van der Waals surface area contributed by atoms with Gasteiger partial charge in [0.1, 0.15) is 10.5 Å². The van der Waals surface area contributed by atoms with E-state index >= 15 is 0 Å². The van der Waals surface area contributed by atoms with Gasteiger partial charge >= 0.3 is 5.97 Å². The fourth-order valence-corrected chi connectivity index (χ4v) is 5.17. The summed E-state index contributed by atoms with van der Waals surface area (Å²) < 4.78 is 6.75. The van der Waals surface area contributed by atoms with Crippen LogP contribution in [0.15, 0.2) is 58.9 Å². The summed E-state index contributed by atoms with van der Waals surface area (Å²) in [6.45, 7) is 0. The number of methoxy groups -OCH3 is 1. The van der Waals surface area contributed by atoms with E-state index < -0.39 is 17.4 Å². The third-order valence-corrected chi connectivity index (χ3v) is 6.88. The lowest BCUT2D eigenvalue weighted by molar-refractivity contribution is -0.136. The van der Waals surface area contributed by atoms with Crippen LogP contribution in [0.1, 0.15) is 17.0 Å². The molecule has 0 saturated carbocycles. The van der Waals surface area contributed by atoms with Gasteiger partial charge in [-0.2, -0.15) is 5.26 Å². The third-order valence-electron chi connectivity index (χ3n) is 5.08. The monoisotopic (exact) mass is 483 g/mol. The van der Waals surface area contributed by atoms with Gasteiger partial charge in [-0.3, -0.25) is 9.36 Å². The van der Waals surface area contributed by atoms with Crippen LogP contribution in [0.2, 0.25) is 10.0 Å². The Labute approximate surface area is 196 Å². The Kier molecular flexibility index (Phi) is 5.94. The largest absolute Gasteiger partial charge is 0.466 e. The summed E-state index contributed by atoms with van der Waals surface area (Å²) in [7, 11) is 1.21. The molecule has 1 aromatic heterocycles. The minimum absolute atomic E-state index is 0.0196. The maximum Gasteiger partial charge on any atom is 0.338 e. The van der Waals surface area contributed by atoms with Crippen molar-refractivity contribution < 1.29 is 9.53 Å². The molecule has 2 aromatic carbocycles. The third kappa shape index (κ3) is 3.53. The van der Waals surface area contributed by atoms with Crippen LogP contribution >= 0.6 is 34.5 Å². The van der Waals surface area contributed by atoms with Crippen LogP contribution in [0.25, 0.3) is 17.5 Å². The average molecular weight is 484 g/mol. The first kappa shape index (κ1) is 21.9. The Bertz CT molecular complexity index is 1510. The molecule has 1 aliphatic rings. The summed E-state index contributed by atoms with van der Waals surface area (Å²) in [5.41, 5.74) is 7.19. The van der Waals surface area contributed by atoms with Crippen molar-refractivity contribution in [1.82, 2.24) is 4.57 Å². The number of thiazole rings is 1.